The summed E-state index contributed by atoms with van der Waals surface area (Å²) in [6.45, 7) is 0.262. The van der Waals surface area contributed by atoms with Gasteiger partial charge in [-0.1, -0.05) is 0 Å². The largest absolute Gasteiger partial charge is 0.391 e. The van der Waals surface area contributed by atoms with Crippen LogP contribution in [0.25, 0.3) is 5.65 Å². The van der Waals surface area contributed by atoms with Crippen LogP contribution in [0, 0.1) is 0 Å². The number of aliphatic hydroxyl groups is 1. The highest BCUT2D eigenvalue weighted by atomic mass is 16.3. The predicted molar refractivity (Wildman–Crippen MR) is 51.8 cm³/mol. The van der Waals surface area contributed by atoms with Crippen LogP contribution in [0.2, 0.25) is 0 Å². The van der Waals surface area contributed by atoms with E-state index in [1.54, 1.807) is 18.6 Å². The Bertz CT molecular complexity index is 425. The number of imidazole rings is 1. The smallest absolute Gasteiger partial charge is 0.155 e. The summed E-state index contributed by atoms with van der Waals surface area (Å²) in [7, 11) is 0. The average Bonchev–Trinajstić information content (AvgIpc) is 2.62. The van der Waals surface area contributed by atoms with E-state index in [-0.39, 0.29) is 6.54 Å². The highest BCUT2D eigenvalue weighted by Crippen LogP contribution is 2.06. The number of rotatable bonds is 3. The molecule has 3 N–H and O–H groups in total. The Balaban J connectivity index is 2.33. The summed E-state index contributed by atoms with van der Waals surface area (Å²) in [5.74, 6) is 0. The number of hydrogen-bond donors (Lipinski definition) is 2. The fourth-order valence-corrected chi connectivity index (χ4v) is 1.37. The minimum Gasteiger partial charge on any atom is -0.391 e. The van der Waals surface area contributed by atoms with Crippen LogP contribution in [0.15, 0.2) is 24.8 Å². The maximum atomic E-state index is 9.41. The zero-order chi connectivity index (χ0) is 9.97. The maximum Gasteiger partial charge on any atom is 0.155 e. The minimum atomic E-state index is -0.511. The molecule has 1 atom stereocenters. The number of aliphatic hydroxyl groups excluding tert-OH is 1. The van der Waals surface area contributed by atoms with Gasteiger partial charge in [-0.25, -0.2) is 4.98 Å². The molecule has 0 fully saturated rings. The summed E-state index contributed by atoms with van der Waals surface area (Å²) in [4.78, 5) is 8.11. The second-order valence-electron chi connectivity index (χ2n) is 3.15. The van der Waals surface area contributed by atoms with E-state index < -0.39 is 6.10 Å². The van der Waals surface area contributed by atoms with E-state index in [0.717, 1.165) is 11.3 Å². The second kappa shape index (κ2) is 3.73. The Morgan fingerprint density at radius 3 is 3.14 bits per heavy atom. The van der Waals surface area contributed by atoms with E-state index in [9.17, 15) is 5.11 Å². The first-order chi connectivity index (χ1) is 6.81. The van der Waals surface area contributed by atoms with Crippen molar-refractivity contribution in [3.8, 4) is 0 Å². The van der Waals surface area contributed by atoms with E-state index in [4.69, 9.17) is 5.73 Å². The van der Waals surface area contributed by atoms with Gasteiger partial charge in [-0.2, -0.15) is 0 Å². The lowest BCUT2D eigenvalue weighted by molar-refractivity contribution is 0.182. The second-order valence-corrected chi connectivity index (χ2v) is 3.15. The van der Waals surface area contributed by atoms with Crippen molar-refractivity contribution in [2.24, 2.45) is 5.73 Å². The molecule has 0 aliphatic carbocycles. The Kier molecular flexibility index (Phi) is 2.43. The van der Waals surface area contributed by atoms with Crippen LogP contribution in [0.3, 0.4) is 0 Å². The van der Waals surface area contributed by atoms with Gasteiger partial charge in [-0.3, -0.25) is 4.98 Å². The first-order valence-corrected chi connectivity index (χ1v) is 4.45. The molecule has 5 nitrogen and oxygen atoms in total. The maximum absolute atomic E-state index is 9.41. The van der Waals surface area contributed by atoms with Crippen LogP contribution in [-0.2, 0) is 6.42 Å². The third kappa shape index (κ3) is 1.59. The van der Waals surface area contributed by atoms with Gasteiger partial charge in [0.25, 0.3) is 0 Å². The molecule has 0 aliphatic rings. The minimum absolute atomic E-state index is 0.262. The molecule has 0 bridgehead atoms. The van der Waals surface area contributed by atoms with Crippen LogP contribution in [0.4, 0.5) is 0 Å². The van der Waals surface area contributed by atoms with E-state index in [2.05, 4.69) is 9.97 Å². The van der Waals surface area contributed by atoms with Crippen molar-refractivity contribution in [1.82, 2.24) is 14.4 Å². The monoisotopic (exact) mass is 192 g/mol. The topological polar surface area (TPSA) is 76.4 Å². The number of nitrogens with zero attached hydrogens (tertiary/aromatic N) is 3. The van der Waals surface area contributed by atoms with Crippen molar-refractivity contribution in [3.05, 3.63) is 30.5 Å². The van der Waals surface area contributed by atoms with Gasteiger partial charge in [0.15, 0.2) is 5.65 Å². The average molecular weight is 192 g/mol. The van der Waals surface area contributed by atoms with Gasteiger partial charge < -0.3 is 15.2 Å². The first kappa shape index (κ1) is 9.11. The van der Waals surface area contributed by atoms with Gasteiger partial charge in [0, 0.05) is 37.3 Å². The number of fused-ring (bicyclic) bond motifs is 1. The van der Waals surface area contributed by atoms with Gasteiger partial charge in [0.1, 0.15) is 0 Å². The van der Waals surface area contributed by atoms with Gasteiger partial charge in [-0.15, -0.1) is 0 Å². The SMILES string of the molecule is NCC(O)Cc1cnc2cnccn12. The van der Waals surface area contributed by atoms with Crippen LogP contribution in [0.5, 0.6) is 0 Å². The van der Waals surface area contributed by atoms with Gasteiger partial charge in [-0.05, 0) is 0 Å². The lowest BCUT2D eigenvalue weighted by Crippen LogP contribution is -2.22. The van der Waals surface area contributed by atoms with Crippen molar-refractivity contribution < 1.29 is 5.11 Å². The van der Waals surface area contributed by atoms with Crippen LogP contribution < -0.4 is 5.73 Å². The summed E-state index contributed by atoms with van der Waals surface area (Å²) in [6.07, 6.45) is 6.92. The highest BCUT2D eigenvalue weighted by molar-refractivity contribution is 5.36. The first-order valence-electron chi connectivity index (χ1n) is 4.45. The quantitative estimate of drug-likeness (QED) is 0.693. The molecule has 0 saturated heterocycles. The number of nitrogens with two attached hydrogens (primary N) is 1. The van der Waals surface area contributed by atoms with Crippen molar-refractivity contribution in [1.29, 1.82) is 0 Å². The van der Waals surface area contributed by atoms with Gasteiger partial charge in [0.05, 0.1) is 12.3 Å². The summed E-state index contributed by atoms with van der Waals surface area (Å²) >= 11 is 0. The molecule has 0 saturated carbocycles. The molecule has 0 spiro atoms. The van der Waals surface area contributed by atoms with E-state index in [1.807, 2.05) is 10.6 Å². The van der Waals surface area contributed by atoms with Crippen molar-refractivity contribution >= 4 is 5.65 Å². The standard InChI is InChI=1S/C9H12N4O/c10-4-8(14)3-7-5-12-9-6-11-1-2-13(7)9/h1-2,5-6,8,14H,3-4,10H2. The fraction of sp³-hybridized carbons (Fsp3) is 0.333. The third-order valence-corrected chi connectivity index (χ3v) is 2.11. The fourth-order valence-electron chi connectivity index (χ4n) is 1.37. The molecule has 2 rings (SSSR count). The molecule has 1 unspecified atom stereocenters. The molecule has 2 aromatic rings. The Morgan fingerprint density at radius 1 is 1.50 bits per heavy atom. The molecule has 5 heteroatoms. The summed E-state index contributed by atoms with van der Waals surface area (Å²) in [5.41, 5.74) is 7.07. The predicted octanol–water partition coefficient (Wildman–Crippen LogP) is -0.409. The molecular formula is C9H12N4O. The molecule has 0 aliphatic heterocycles. The van der Waals surface area contributed by atoms with E-state index >= 15 is 0 Å². The zero-order valence-corrected chi connectivity index (χ0v) is 7.67. The molecular weight excluding hydrogens is 180 g/mol. The van der Waals surface area contributed by atoms with E-state index in [0.29, 0.717) is 6.42 Å². The summed E-state index contributed by atoms with van der Waals surface area (Å²) in [6, 6.07) is 0. The third-order valence-electron chi connectivity index (χ3n) is 2.11. The van der Waals surface area contributed by atoms with E-state index in [1.165, 1.54) is 0 Å². The summed E-state index contributed by atoms with van der Waals surface area (Å²) < 4.78 is 1.89. The van der Waals surface area contributed by atoms with Crippen LogP contribution in [0.1, 0.15) is 5.69 Å². The molecule has 2 heterocycles. The van der Waals surface area contributed by atoms with Gasteiger partial charge >= 0.3 is 0 Å². The summed E-state index contributed by atoms with van der Waals surface area (Å²) in [5, 5.41) is 9.41. The Labute approximate surface area is 81.2 Å². The van der Waals surface area contributed by atoms with Crippen molar-refractivity contribution in [3.63, 3.8) is 0 Å². The highest BCUT2D eigenvalue weighted by Gasteiger charge is 2.07. The molecule has 0 amide bonds. The Morgan fingerprint density at radius 2 is 2.36 bits per heavy atom. The molecule has 14 heavy (non-hydrogen) atoms. The lowest BCUT2D eigenvalue weighted by Gasteiger charge is -2.06. The molecule has 74 valence electrons. The molecule has 0 aromatic carbocycles. The Hall–Kier alpha value is -1.46. The molecule has 0 radical (unpaired) electrons. The normalized spacial score (nSPS) is 13.3. The van der Waals surface area contributed by atoms with Crippen LogP contribution in [-0.4, -0.2) is 32.1 Å². The van der Waals surface area contributed by atoms with Crippen LogP contribution >= 0.6 is 0 Å². The zero-order valence-electron chi connectivity index (χ0n) is 7.67. The number of aromatic nitrogens is 3. The van der Waals surface area contributed by atoms with Crippen molar-refractivity contribution in [2.75, 3.05) is 6.54 Å². The van der Waals surface area contributed by atoms with Crippen molar-refractivity contribution in [2.45, 2.75) is 12.5 Å². The lowest BCUT2D eigenvalue weighted by atomic mass is 10.2. The molecule has 2 aromatic heterocycles. The number of hydrogen-bond acceptors (Lipinski definition) is 4. The van der Waals surface area contributed by atoms with Gasteiger partial charge in [0.2, 0.25) is 0 Å².